The van der Waals surface area contributed by atoms with Gasteiger partial charge in [-0.05, 0) is 30.7 Å². The van der Waals surface area contributed by atoms with Gasteiger partial charge in [-0.3, -0.25) is 9.69 Å². The first-order valence-corrected chi connectivity index (χ1v) is 9.64. The van der Waals surface area contributed by atoms with Crippen LogP contribution in [0.1, 0.15) is 28.9 Å². The summed E-state index contributed by atoms with van der Waals surface area (Å²) in [5.41, 5.74) is 1.55. The van der Waals surface area contributed by atoms with Crippen LogP contribution < -0.4 is 10.1 Å². The van der Waals surface area contributed by atoms with Crippen molar-refractivity contribution in [2.45, 2.75) is 13.0 Å². The normalized spacial score (nSPS) is 15.9. The molecule has 27 heavy (non-hydrogen) atoms. The molecule has 0 saturated carbocycles. The zero-order chi connectivity index (χ0) is 19.1. The molecule has 1 fully saturated rings. The molecular formula is C21H25ClN2O3. The Morgan fingerprint density at radius 3 is 2.63 bits per heavy atom. The largest absolute Gasteiger partial charge is 0.493 e. The molecule has 2 aromatic rings. The Kier molecular flexibility index (Phi) is 7.10. The standard InChI is InChI=1S/C21H25ClN2O3/c1-2-27-20-10-6-4-8-17(20)21(25)23-15-19(24-11-13-26-14-12-24)16-7-3-5-9-18(16)22/h3-10,19H,2,11-15H2,1H3,(H,23,25)/t19-/m0/s1. The van der Waals surface area contributed by atoms with Crippen molar-refractivity contribution in [1.29, 1.82) is 0 Å². The van der Waals surface area contributed by atoms with E-state index in [1.54, 1.807) is 6.07 Å². The summed E-state index contributed by atoms with van der Waals surface area (Å²) in [5.74, 6) is 0.447. The van der Waals surface area contributed by atoms with Gasteiger partial charge in [-0.15, -0.1) is 0 Å². The highest BCUT2D eigenvalue weighted by atomic mass is 35.5. The van der Waals surface area contributed by atoms with E-state index in [-0.39, 0.29) is 11.9 Å². The summed E-state index contributed by atoms with van der Waals surface area (Å²) in [5, 5.41) is 3.77. The van der Waals surface area contributed by atoms with Crippen LogP contribution in [0.2, 0.25) is 5.02 Å². The number of benzene rings is 2. The zero-order valence-electron chi connectivity index (χ0n) is 15.5. The summed E-state index contributed by atoms with van der Waals surface area (Å²) < 4.78 is 11.1. The van der Waals surface area contributed by atoms with Gasteiger partial charge in [0.15, 0.2) is 0 Å². The number of rotatable bonds is 7. The van der Waals surface area contributed by atoms with Crippen LogP contribution in [-0.2, 0) is 4.74 Å². The number of nitrogens with zero attached hydrogens (tertiary/aromatic N) is 1. The van der Waals surface area contributed by atoms with Crippen molar-refractivity contribution in [3.63, 3.8) is 0 Å². The molecule has 0 spiro atoms. The first-order valence-electron chi connectivity index (χ1n) is 9.27. The van der Waals surface area contributed by atoms with Crippen molar-refractivity contribution in [2.24, 2.45) is 0 Å². The zero-order valence-corrected chi connectivity index (χ0v) is 16.2. The lowest BCUT2D eigenvalue weighted by molar-refractivity contribution is 0.0162. The molecule has 3 rings (SSSR count). The highest BCUT2D eigenvalue weighted by Gasteiger charge is 2.25. The number of morpholine rings is 1. The molecule has 0 bridgehead atoms. The van der Waals surface area contributed by atoms with E-state index in [1.807, 2.05) is 49.4 Å². The lowest BCUT2D eigenvalue weighted by Gasteiger charge is -2.35. The van der Waals surface area contributed by atoms with Crippen LogP contribution in [-0.4, -0.2) is 50.3 Å². The molecule has 144 valence electrons. The molecule has 1 aliphatic rings. The van der Waals surface area contributed by atoms with Gasteiger partial charge in [0, 0.05) is 24.7 Å². The van der Waals surface area contributed by atoms with E-state index >= 15 is 0 Å². The van der Waals surface area contributed by atoms with Gasteiger partial charge in [-0.2, -0.15) is 0 Å². The lowest BCUT2D eigenvalue weighted by Crippen LogP contribution is -2.44. The maximum Gasteiger partial charge on any atom is 0.255 e. The Morgan fingerprint density at radius 1 is 1.19 bits per heavy atom. The van der Waals surface area contributed by atoms with E-state index in [0.717, 1.165) is 18.7 Å². The Bertz CT molecular complexity index is 763. The lowest BCUT2D eigenvalue weighted by atomic mass is 10.0. The van der Waals surface area contributed by atoms with Gasteiger partial charge in [0.25, 0.3) is 5.91 Å². The highest BCUT2D eigenvalue weighted by Crippen LogP contribution is 2.28. The molecule has 1 atom stereocenters. The number of carbonyl (C=O) groups is 1. The van der Waals surface area contributed by atoms with Gasteiger partial charge in [0.2, 0.25) is 0 Å². The van der Waals surface area contributed by atoms with Crippen molar-refractivity contribution in [3.8, 4) is 5.75 Å². The first-order chi connectivity index (χ1) is 13.2. The number of carbonyl (C=O) groups excluding carboxylic acids is 1. The smallest absolute Gasteiger partial charge is 0.255 e. The van der Waals surface area contributed by atoms with Gasteiger partial charge in [-0.1, -0.05) is 41.9 Å². The monoisotopic (exact) mass is 388 g/mol. The fourth-order valence-corrected chi connectivity index (χ4v) is 3.55. The van der Waals surface area contributed by atoms with Gasteiger partial charge >= 0.3 is 0 Å². The van der Waals surface area contributed by atoms with Crippen molar-refractivity contribution < 1.29 is 14.3 Å². The number of nitrogens with one attached hydrogen (secondary N) is 1. The van der Waals surface area contributed by atoms with Crippen LogP contribution in [0.5, 0.6) is 5.75 Å². The second kappa shape index (κ2) is 9.74. The summed E-state index contributed by atoms with van der Waals surface area (Å²) in [7, 11) is 0. The van der Waals surface area contributed by atoms with Crippen molar-refractivity contribution in [2.75, 3.05) is 39.5 Å². The third kappa shape index (κ3) is 5.01. The Hall–Kier alpha value is -2.08. The molecule has 0 aliphatic carbocycles. The fraction of sp³-hybridized carbons (Fsp3) is 0.381. The maximum atomic E-state index is 12.8. The average molecular weight is 389 g/mol. The Labute approximate surface area is 165 Å². The van der Waals surface area contributed by atoms with Crippen LogP contribution in [0.15, 0.2) is 48.5 Å². The number of hydrogen-bond donors (Lipinski definition) is 1. The predicted molar refractivity (Wildman–Crippen MR) is 107 cm³/mol. The van der Waals surface area contributed by atoms with Crippen LogP contribution in [0.3, 0.4) is 0 Å². The topological polar surface area (TPSA) is 50.8 Å². The van der Waals surface area contributed by atoms with Gasteiger partial charge < -0.3 is 14.8 Å². The molecule has 2 aromatic carbocycles. The summed E-state index contributed by atoms with van der Waals surface area (Å²) in [6.07, 6.45) is 0. The van der Waals surface area contributed by atoms with E-state index < -0.39 is 0 Å². The van der Waals surface area contributed by atoms with E-state index in [1.165, 1.54) is 0 Å². The Balaban J connectivity index is 1.77. The van der Waals surface area contributed by atoms with Gasteiger partial charge in [-0.25, -0.2) is 0 Å². The van der Waals surface area contributed by atoms with E-state index in [4.69, 9.17) is 21.1 Å². The second-order valence-corrected chi connectivity index (χ2v) is 6.73. The van der Waals surface area contributed by atoms with E-state index in [2.05, 4.69) is 10.2 Å². The number of hydrogen-bond acceptors (Lipinski definition) is 4. The van der Waals surface area contributed by atoms with Crippen molar-refractivity contribution in [1.82, 2.24) is 10.2 Å². The summed E-state index contributed by atoms with van der Waals surface area (Å²) >= 11 is 6.45. The number of halogens is 1. The fourth-order valence-electron chi connectivity index (χ4n) is 3.29. The molecule has 5 nitrogen and oxygen atoms in total. The molecule has 1 aliphatic heterocycles. The molecule has 1 saturated heterocycles. The van der Waals surface area contributed by atoms with Crippen LogP contribution in [0.25, 0.3) is 0 Å². The molecule has 1 N–H and O–H groups in total. The molecule has 1 amide bonds. The molecule has 0 unspecified atom stereocenters. The Morgan fingerprint density at radius 2 is 1.89 bits per heavy atom. The third-order valence-corrected chi connectivity index (χ3v) is 4.98. The van der Waals surface area contributed by atoms with Crippen molar-refractivity contribution >= 4 is 17.5 Å². The molecule has 6 heteroatoms. The average Bonchev–Trinajstić information content (AvgIpc) is 2.71. The minimum absolute atomic E-state index is 0.00851. The minimum Gasteiger partial charge on any atom is -0.493 e. The van der Waals surface area contributed by atoms with E-state index in [0.29, 0.717) is 42.7 Å². The number of para-hydroxylation sites is 1. The molecule has 0 radical (unpaired) electrons. The maximum absolute atomic E-state index is 12.8. The highest BCUT2D eigenvalue weighted by molar-refractivity contribution is 6.31. The van der Waals surface area contributed by atoms with Gasteiger partial charge in [0.05, 0.1) is 31.4 Å². The third-order valence-electron chi connectivity index (χ3n) is 4.64. The molecule has 1 heterocycles. The summed E-state index contributed by atoms with van der Waals surface area (Å²) in [6.45, 7) is 5.86. The predicted octanol–water partition coefficient (Wildman–Crippen LogP) is 3.54. The van der Waals surface area contributed by atoms with Crippen molar-refractivity contribution in [3.05, 3.63) is 64.7 Å². The number of ether oxygens (including phenoxy) is 2. The SMILES string of the molecule is CCOc1ccccc1C(=O)NC[C@@H](c1ccccc1Cl)N1CCOCC1. The van der Waals surface area contributed by atoms with Crippen LogP contribution in [0, 0.1) is 0 Å². The summed E-state index contributed by atoms with van der Waals surface area (Å²) in [4.78, 5) is 15.1. The van der Waals surface area contributed by atoms with Crippen LogP contribution >= 0.6 is 11.6 Å². The molecular weight excluding hydrogens is 364 g/mol. The minimum atomic E-state index is -0.149. The second-order valence-electron chi connectivity index (χ2n) is 6.32. The molecule has 0 aromatic heterocycles. The van der Waals surface area contributed by atoms with Crippen LogP contribution in [0.4, 0.5) is 0 Å². The van der Waals surface area contributed by atoms with Gasteiger partial charge in [0.1, 0.15) is 5.75 Å². The summed E-state index contributed by atoms with van der Waals surface area (Å²) in [6, 6.07) is 15.1. The number of amides is 1. The quantitative estimate of drug-likeness (QED) is 0.788. The first kappa shape index (κ1) is 19.7. The van der Waals surface area contributed by atoms with E-state index in [9.17, 15) is 4.79 Å².